The van der Waals surface area contributed by atoms with Crippen LogP contribution in [-0.4, -0.2) is 50.8 Å². The van der Waals surface area contributed by atoms with Gasteiger partial charge in [-0.05, 0) is 49.2 Å². The molecule has 2 aromatic carbocycles. The summed E-state index contributed by atoms with van der Waals surface area (Å²) in [6.07, 6.45) is 1.57. The number of anilines is 1. The molecule has 3 aromatic rings. The summed E-state index contributed by atoms with van der Waals surface area (Å²) in [5.74, 6) is -0.296. The fraction of sp³-hybridized carbons (Fsp3) is 0.238. The number of carbonyl (C=O) groups excluding carboxylic acids is 2. The minimum atomic E-state index is -0.244. The highest BCUT2D eigenvalue weighted by Gasteiger charge is 2.16. The highest BCUT2D eigenvalue weighted by molar-refractivity contribution is 7.99. The number of nitrogens with zero attached hydrogens (tertiary/aromatic N) is 4. The molecule has 0 bridgehead atoms. The standard InChI is InChI=1S/C21H22ClN5O2S/c1-14-6-4-9-18(15(14)2)24-19(28)11-26(3)20(29)12-30-21-25-23-13-27(21)17-8-5-7-16(22)10-17/h4-10,13H,11-12H2,1-3H3,(H,24,28). The summed E-state index contributed by atoms with van der Waals surface area (Å²) >= 11 is 7.30. The zero-order valence-corrected chi connectivity index (χ0v) is 18.5. The molecule has 3 rings (SSSR count). The Morgan fingerprint density at radius 1 is 1.20 bits per heavy atom. The lowest BCUT2D eigenvalue weighted by Crippen LogP contribution is -2.36. The molecule has 0 unspecified atom stereocenters. The number of carbonyl (C=O) groups is 2. The summed E-state index contributed by atoms with van der Waals surface area (Å²) < 4.78 is 1.76. The molecule has 0 spiro atoms. The van der Waals surface area contributed by atoms with Crippen molar-refractivity contribution >= 4 is 40.9 Å². The summed E-state index contributed by atoms with van der Waals surface area (Å²) in [4.78, 5) is 26.2. The molecule has 9 heteroatoms. The number of aryl methyl sites for hydroxylation is 1. The van der Waals surface area contributed by atoms with Crippen LogP contribution < -0.4 is 5.32 Å². The Kier molecular flexibility index (Phi) is 7.12. The molecule has 7 nitrogen and oxygen atoms in total. The average molecular weight is 444 g/mol. The summed E-state index contributed by atoms with van der Waals surface area (Å²) in [6.45, 7) is 3.90. The molecule has 1 heterocycles. The first kappa shape index (κ1) is 21.9. The molecular weight excluding hydrogens is 422 g/mol. The lowest BCUT2D eigenvalue weighted by atomic mass is 10.1. The molecule has 0 saturated heterocycles. The minimum Gasteiger partial charge on any atom is -0.336 e. The smallest absolute Gasteiger partial charge is 0.243 e. The maximum absolute atomic E-state index is 12.5. The first-order valence-electron chi connectivity index (χ1n) is 9.24. The number of rotatable bonds is 7. The van der Waals surface area contributed by atoms with Gasteiger partial charge in [-0.2, -0.15) is 0 Å². The van der Waals surface area contributed by atoms with Crippen molar-refractivity contribution in [1.82, 2.24) is 19.7 Å². The van der Waals surface area contributed by atoms with Gasteiger partial charge in [0, 0.05) is 17.8 Å². The van der Waals surface area contributed by atoms with Crippen LogP contribution in [0, 0.1) is 13.8 Å². The normalized spacial score (nSPS) is 10.7. The predicted molar refractivity (Wildman–Crippen MR) is 119 cm³/mol. The molecule has 0 aliphatic rings. The van der Waals surface area contributed by atoms with Gasteiger partial charge in [0.1, 0.15) is 6.33 Å². The van der Waals surface area contributed by atoms with Crippen LogP contribution in [0.2, 0.25) is 5.02 Å². The number of hydrogen-bond donors (Lipinski definition) is 1. The number of likely N-dealkylation sites (N-methyl/N-ethyl adjacent to an activating group) is 1. The van der Waals surface area contributed by atoms with Crippen molar-refractivity contribution < 1.29 is 9.59 Å². The van der Waals surface area contributed by atoms with E-state index >= 15 is 0 Å². The van der Waals surface area contributed by atoms with Gasteiger partial charge < -0.3 is 10.2 Å². The van der Waals surface area contributed by atoms with Crippen molar-refractivity contribution in [2.24, 2.45) is 0 Å². The second kappa shape index (κ2) is 9.77. The molecule has 0 saturated carbocycles. The van der Waals surface area contributed by atoms with Crippen LogP contribution >= 0.6 is 23.4 Å². The third-order valence-electron chi connectivity index (χ3n) is 4.61. The molecule has 0 radical (unpaired) electrons. The van der Waals surface area contributed by atoms with E-state index in [1.165, 1.54) is 16.7 Å². The van der Waals surface area contributed by atoms with E-state index < -0.39 is 0 Å². The molecule has 156 valence electrons. The van der Waals surface area contributed by atoms with E-state index in [9.17, 15) is 9.59 Å². The fourth-order valence-electron chi connectivity index (χ4n) is 2.74. The summed E-state index contributed by atoms with van der Waals surface area (Å²) in [7, 11) is 1.60. The lowest BCUT2D eigenvalue weighted by molar-refractivity contribution is -0.131. The monoisotopic (exact) mass is 443 g/mol. The van der Waals surface area contributed by atoms with Gasteiger partial charge in [0.25, 0.3) is 0 Å². The van der Waals surface area contributed by atoms with Crippen LogP contribution in [0.3, 0.4) is 0 Å². The lowest BCUT2D eigenvalue weighted by Gasteiger charge is -2.17. The SMILES string of the molecule is Cc1cccc(NC(=O)CN(C)C(=O)CSc2nncn2-c2cccc(Cl)c2)c1C. The van der Waals surface area contributed by atoms with E-state index in [4.69, 9.17) is 11.6 Å². The Hall–Kier alpha value is -2.84. The minimum absolute atomic E-state index is 0.0340. The Bertz CT molecular complexity index is 1070. The number of thioether (sulfide) groups is 1. The van der Waals surface area contributed by atoms with Crippen LogP contribution in [0.1, 0.15) is 11.1 Å². The Morgan fingerprint density at radius 3 is 2.73 bits per heavy atom. The maximum Gasteiger partial charge on any atom is 0.243 e. The second-order valence-corrected chi connectivity index (χ2v) is 8.18. The van der Waals surface area contributed by atoms with Gasteiger partial charge in [0.05, 0.1) is 18.0 Å². The van der Waals surface area contributed by atoms with Crippen LogP contribution in [-0.2, 0) is 9.59 Å². The van der Waals surface area contributed by atoms with E-state index in [1.54, 1.807) is 30.1 Å². The number of nitrogens with one attached hydrogen (secondary N) is 1. The van der Waals surface area contributed by atoms with Crippen molar-refractivity contribution in [1.29, 1.82) is 0 Å². The summed E-state index contributed by atoms with van der Waals surface area (Å²) in [5, 5.41) is 12.0. The van der Waals surface area contributed by atoms with Gasteiger partial charge in [-0.1, -0.05) is 41.6 Å². The first-order valence-corrected chi connectivity index (χ1v) is 10.6. The topological polar surface area (TPSA) is 80.1 Å². The maximum atomic E-state index is 12.5. The number of benzene rings is 2. The average Bonchev–Trinajstić information content (AvgIpc) is 3.18. The van der Waals surface area contributed by atoms with Gasteiger partial charge in [0.2, 0.25) is 11.8 Å². The van der Waals surface area contributed by atoms with E-state index in [2.05, 4.69) is 15.5 Å². The number of hydrogen-bond acceptors (Lipinski definition) is 5. The summed E-state index contributed by atoms with van der Waals surface area (Å²) in [6, 6.07) is 13.0. The highest BCUT2D eigenvalue weighted by Crippen LogP contribution is 2.22. The summed E-state index contributed by atoms with van der Waals surface area (Å²) in [5.41, 5.74) is 3.67. The molecule has 0 aliphatic carbocycles. The second-order valence-electron chi connectivity index (χ2n) is 6.80. The van der Waals surface area contributed by atoms with E-state index in [-0.39, 0.29) is 24.1 Å². The van der Waals surface area contributed by atoms with E-state index in [0.717, 1.165) is 22.5 Å². The highest BCUT2D eigenvalue weighted by atomic mass is 35.5. The number of amides is 2. The molecule has 0 fully saturated rings. The number of halogens is 1. The van der Waals surface area contributed by atoms with Gasteiger partial charge in [-0.3, -0.25) is 14.2 Å². The zero-order valence-electron chi connectivity index (χ0n) is 16.9. The molecule has 2 amide bonds. The molecule has 30 heavy (non-hydrogen) atoms. The Morgan fingerprint density at radius 2 is 1.97 bits per heavy atom. The largest absolute Gasteiger partial charge is 0.336 e. The third-order valence-corrected chi connectivity index (χ3v) is 5.78. The fourth-order valence-corrected chi connectivity index (χ4v) is 3.80. The molecular formula is C21H22ClN5O2S. The molecule has 1 aromatic heterocycles. The zero-order chi connectivity index (χ0) is 21.7. The Labute approximate surface area is 184 Å². The van der Waals surface area contributed by atoms with Gasteiger partial charge in [-0.15, -0.1) is 10.2 Å². The van der Waals surface area contributed by atoms with Crippen molar-refractivity contribution in [3.63, 3.8) is 0 Å². The quantitative estimate of drug-likeness (QED) is 0.563. The number of aromatic nitrogens is 3. The van der Waals surface area contributed by atoms with Crippen molar-refractivity contribution in [3.8, 4) is 5.69 Å². The van der Waals surface area contributed by atoms with Crippen molar-refractivity contribution in [3.05, 3.63) is 64.9 Å². The van der Waals surface area contributed by atoms with Crippen molar-refractivity contribution in [2.75, 3.05) is 24.7 Å². The van der Waals surface area contributed by atoms with Crippen LogP contribution in [0.15, 0.2) is 53.9 Å². The van der Waals surface area contributed by atoms with Crippen molar-refractivity contribution in [2.45, 2.75) is 19.0 Å². The van der Waals surface area contributed by atoms with Gasteiger partial charge in [0.15, 0.2) is 5.16 Å². The molecule has 0 aliphatic heterocycles. The predicted octanol–water partition coefficient (Wildman–Crippen LogP) is 3.73. The van der Waals surface area contributed by atoms with Gasteiger partial charge in [-0.25, -0.2) is 0 Å². The van der Waals surface area contributed by atoms with Crippen LogP contribution in [0.5, 0.6) is 0 Å². The molecule has 0 atom stereocenters. The first-order chi connectivity index (χ1) is 14.3. The van der Waals surface area contributed by atoms with Gasteiger partial charge >= 0.3 is 0 Å². The molecule has 1 N–H and O–H groups in total. The van der Waals surface area contributed by atoms with E-state index in [0.29, 0.717) is 10.2 Å². The van der Waals surface area contributed by atoms with E-state index in [1.807, 2.05) is 44.2 Å². The van der Waals surface area contributed by atoms with Crippen LogP contribution in [0.25, 0.3) is 5.69 Å². The Balaban J connectivity index is 1.56. The third kappa shape index (κ3) is 5.40. The van der Waals surface area contributed by atoms with Crippen LogP contribution in [0.4, 0.5) is 5.69 Å².